The minimum atomic E-state index is 0.615. The molecule has 1 N–H and O–H groups in total. The van der Waals surface area contributed by atoms with Gasteiger partial charge in [0.05, 0.1) is 23.6 Å². The Balaban J connectivity index is 1.29. The maximum absolute atomic E-state index is 6.17. The Morgan fingerprint density at radius 1 is 0.868 bits per heavy atom. The number of imidazole rings is 1. The lowest BCUT2D eigenvalue weighted by atomic mass is 10.1. The summed E-state index contributed by atoms with van der Waals surface area (Å²) < 4.78 is 7.92. The molecule has 188 valence electrons. The first kappa shape index (κ1) is 23.6. The highest BCUT2D eigenvalue weighted by Gasteiger charge is 2.18. The summed E-state index contributed by atoms with van der Waals surface area (Å²) in [6, 6.07) is 27.9. The normalized spacial score (nSPS) is 11.3. The van der Waals surface area contributed by atoms with E-state index in [0.29, 0.717) is 13.1 Å². The Bertz CT molecular complexity index is 1690. The van der Waals surface area contributed by atoms with Crippen molar-refractivity contribution in [3.63, 3.8) is 0 Å². The first-order valence-corrected chi connectivity index (χ1v) is 12.4. The second-order valence-corrected chi connectivity index (χ2v) is 9.25. The van der Waals surface area contributed by atoms with E-state index < -0.39 is 0 Å². The summed E-state index contributed by atoms with van der Waals surface area (Å²) in [5.74, 6) is 2.51. The summed E-state index contributed by atoms with van der Waals surface area (Å²) in [7, 11) is 2.08. The minimum Gasteiger partial charge on any atom is -0.457 e. The van der Waals surface area contributed by atoms with Crippen LogP contribution >= 0.6 is 0 Å². The van der Waals surface area contributed by atoms with E-state index >= 15 is 0 Å². The van der Waals surface area contributed by atoms with E-state index in [1.165, 1.54) is 0 Å². The summed E-state index contributed by atoms with van der Waals surface area (Å²) in [6.07, 6.45) is 3.49. The van der Waals surface area contributed by atoms with E-state index in [9.17, 15) is 0 Å². The molecular weight excluding hydrogens is 474 g/mol. The average molecular weight is 502 g/mol. The lowest BCUT2D eigenvalue weighted by molar-refractivity contribution is 0.307. The molecule has 0 saturated heterocycles. The predicted molar refractivity (Wildman–Crippen MR) is 147 cm³/mol. The number of rotatable bonds is 8. The first-order chi connectivity index (χ1) is 18.6. The van der Waals surface area contributed by atoms with Crippen LogP contribution in [0.25, 0.3) is 28.3 Å². The highest BCUT2D eigenvalue weighted by atomic mass is 16.5. The summed E-state index contributed by atoms with van der Waals surface area (Å²) in [5, 5.41) is 4.29. The summed E-state index contributed by atoms with van der Waals surface area (Å²) in [4.78, 5) is 19.8. The molecule has 0 aliphatic heterocycles. The summed E-state index contributed by atoms with van der Waals surface area (Å²) in [5.41, 5.74) is 6.33. The predicted octanol–water partition coefficient (Wildman–Crippen LogP) is 5.91. The summed E-state index contributed by atoms with van der Waals surface area (Å²) >= 11 is 0. The third-order valence-corrected chi connectivity index (χ3v) is 6.25. The molecule has 6 rings (SSSR count). The lowest BCUT2D eigenvalue weighted by Gasteiger charge is -2.18. The zero-order chi connectivity index (χ0) is 25.9. The molecular formula is C30H27N7O. The van der Waals surface area contributed by atoms with E-state index in [1.54, 1.807) is 10.8 Å². The first-order valence-electron chi connectivity index (χ1n) is 12.4. The van der Waals surface area contributed by atoms with Crippen molar-refractivity contribution >= 4 is 5.65 Å². The van der Waals surface area contributed by atoms with Gasteiger partial charge in [-0.2, -0.15) is 5.10 Å². The Morgan fingerprint density at radius 3 is 2.58 bits per heavy atom. The van der Waals surface area contributed by atoms with Crippen molar-refractivity contribution in [2.75, 3.05) is 7.05 Å². The van der Waals surface area contributed by atoms with Crippen molar-refractivity contribution in [2.45, 2.75) is 20.0 Å². The number of benzene rings is 2. The topological polar surface area (TPSA) is 84.2 Å². The maximum Gasteiger partial charge on any atom is 0.155 e. The number of fused-ring (bicyclic) bond motifs is 1. The van der Waals surface area contributed by atoms with Crippen LogP contribution in [0.2, 0.25) is 0 Å². The van der Waals surface area contributed by atoms with Crippen LogP contribution in [0.3, 0.4) is 0 Å². The molecule has 4 aromatic heterocycles. The van der Waals surface area contributed by atoms with Crippen LogP contribution in [0.5, 0.6) is 11.5 Å². The minimum absolute atomic E-state index is 0.615. The van der Waals surface area contributed by atoms with Gasteiger partial charge in [-0.1, -0.05) is 42.5 Å². The maximum atomic E-state index is 6.17. The summed E-state index contributed by atoms with van der Waals surface area (Å²) in [6.45, 7) is 3.30. The van der Waals surface area contributed by atoms with Crippen molar-refractivity contribution in [2.24, 2.45) is 0 Å². The molecule has 8 heteroatoms. The van der Waals surface area contributed by atoms with E-state index in [-0.39, 0.29) is 0 Å². The van der Waals surface area contributed by atoms with E-state index in [1.807, 2.05) is 92.0 Å². The Kier molecular flexibility index (Phi) is 6.37. The number of ether oxygens (including phenoxy) is 1. The number of para-hydroxylation sites is 2. The average Bonchev–Trinajstić information content (AvgIpc) is 3.57. The SMILES string of the molecule is Cc1cccc(-c2[nH]c(CN(C)Cc3ccccc3Oc3ccccc3)nc2-c2ccc3ncnn3c2)n1. The number of aromatic amines is 1. The fraction of sp³-hybridized carbons (Fsp3) is 0.133. The van der Waals surface area contributed by atoms with E-state index in [0.717, 1.165) is 56.9 Å². The number of hydrogen-bond acceptors (Lipinski definition) is 6. The van der Waals surface area contributed by atoms with Gasteiger partial charge in [-0.3, -0.25) is 9.88 Å². The number of nitrogens with zero attached hydrogens (tertiary/aromatic N) is 6. The van der Waals surface area contributed by atoms with Crippen LogP contribution in [0, 0.1) is 6.92 Å². The fourth-order valence-electron chi connectivity index (χ4n) is 4.48. The molecule has 6 aromatic rings. The Hall–Kier alpha value is -4.82. The van der Waals surface area contributed by atoms with Crippen molar-refractivity contribution in [1.29, 1.82) is 0 Å². The molecule has 0 fully saturated rings. The molecule has 0 unspecified atom stereocenters. The zero-order valence-corrected chi connectivity index (χ0v) is 21.2. The molecule has 0 atom stereocenters. The standard InChI is InChI=1S/C30H27N7O/c1-21-9-8-13-25(33-21)30-29(23-15-16-28-31-20-32-37(28)18-23)34-27(35-30)19-36(2)17-22-10-6-7-14-26(22)38-24-11-4-3-5-12-24/h3-16,18,20H,17,19H2,1-2H3,(H,34,35). The molecule has 0 aliphatic rings. The molecule has 0 bridgehead atoms. The van der Waals surface area contributed by atoms with Crippen molar-refractivity contribution in [3.8, 4) is 34.1 Å². The molecule has 4 heterocycles. The molecule has 0 aliphatic carbocycles. The van der Waals surface area contributed by atoms with Crippen LogP contribution in [0.15, 0.2) is 97.5 Å². The van der Waals surface area contributed by atoms with E-state index in [4.69, 9.17) is 14.7 Å². The number of hydrogen-bond donors (Lipinski definition) is 1. The molecule has 0 spiro atoms. The van der Waals surface area contributed by atoms with Crippen LogP contribution in [0.1, 0.15) is 17.1 Å². The van der Waals surface area contributed by atoms with Crippen LogP contribution in [-0.4, -0.2) is 41.5 Å². The largest absolute Gasteiger partial charge is 0.457 e. The molecule has 38 heavy (non-hydrogen) atoms. The van der Waals surface area contributed by atoms with E-state index in [2.05, 4.69) is 33.1 Å². The Labute approximate surface area is 220 Å². The highest BCUT2D eigenvalue weighted by molar-refractivity contribution is 5.77. The number of pyridine rings is 2. The van der Waals surface area contributed by atoms with Gasteiger partial charge in [0.2, 0.25) is 0 Å². The number of aromatic nitrogens is 6. The van der Waals surface area contributed by atoms with Gasteiger partial charge in [-0.15, -0.1) is 0 Å². The lowest BCUT2D eigenvalue weighted by Crippen LogP contribution is -2.18. The second-order valence-electron chi connectivity index (χ2n) is 9.25. The molecule has 0 radical (unpaired) electrons. The number of H-pyrrole nitrogens is 1. The quantitative estimate of drug-likeness (QED) is 0.279. The van der Waals surface area contributed by atoms with Gasteiger partial charge in [-0.05, 0) is 56.4 Å². The highest BCUT2D eigenvalue weighted by Crippen LogP contribution is 2.30. The van der Waals surface area contributed by atoms with Gasteiger partial charge in [0.15, 0.2) is 5.65 Å². The molecule has 0 amide bonds. The smallest absolute Gasteiger partial charge is 0.155 e. The van der Waals surface area contributed by atoms with Crippen LogP contribution in [0.4, 0.5) is 0 Å². The van der Waals surface area contributed by atoms with Crippen LogP contribution in [-0.2, 0) is 13.1 Å². The fourth-order valence-corrected chi connectivity index (χ4v) is 4.48. The van der Waals surface area contributed by atoms with Gasteiger partial charge in [-0.25, -0.2) is 14.5 Å². The monoisotopic (exact) mass is 501 g/mol. The van der Waals surface area contributed by atoms with Crippen molar-refractivity contribution < 1.29 is 4.74 Å². The second kappa shape index (κ2) is 10.3. The molecule has 2 aromatic carbocycles. The third kappa shape index (κ3) is 5.02. The third-order valence-electron chi connectivity index (χ3n) is 6.25. The van der Waals surface area contributed by atoms with Gasteiger partial charge < -0.3 is 9.72 Å². The Morgan fingerprint density at radius 2 is 1.71 bits per heavy atom. The van der Waals surface area contributed by atoms with Gasteiger partial charge in [0.1, 0.15) is 23.7 Å². The number of nitrogens with one attached hydrogen (secondary N) is 1. The van der Waals surface area contributed by atoms with Crippen molar-refractivity contribution in [1.82, 2.24) is 34.4 Å². The molecule has 0 saturated carbocycles. The zero-order valence-electron chi connectivity index (χ0n) is 21.2. The van der Waals surface area contributed by atoms with Gasteiger partial charge in [0, 0.05) is 29.6 Å². The van der Waals surface area contributed by atoms with Crippen molar-refractivity contribution in [3.05, 3.63) is 115 Å². The number of aryl methyl sites for hydroxylation is 1. The van der Waals surface area contributed by atoms with Gasteiger partial charge in [0.25, 0.3) is 0 Å². The molecule has 8 nitrogen and oxygen atoms in total. The van der Waals surface area contributed by atoms with Gasteiger partial charge >= 0.3 is 0 Å². The van der Waals surface area contributed by atoms with Crippen LogP contribution < -0.4 is 4.74 Å².